The molecule has 88 valence electrons. The van der Waals surface area contributed by atoms with Gasteiger partial charge in [0.15, 0.2) is 0 Å². The summed E-state index contributed by atoms with van der Waals surface area (Å²) in [5, 5.41) is 0. The molecule has 3 aliphatic carbocycles. The van der Waals surface area contributed by atoms with Crippen molar-refractivity contribution in [1.29, 1.82) is 0 Å². The van der Waals surface area contributed by atoms with Crippen LogP contribution in [0.15, 0.2) is 12.7 Å². The van der Waals surface area contributed by atoms with E-state index in [1.54, 1.807) is 0 Å². The number of fused-ring (bicyclic) bond motifs is 5. The molecule has 0 aromatic heterocycles. The van der Waals surface area contributed by atoms with Gasteiger partial charge in [-0.1, -0.05) is 13.5 Å². The lowest BCUT2D eigenvalue weighted by molar-refractivity contribution is -0.174. The molecule has 16 heavy (non-hydrogen) atoms. The second-order valence-electron chi connectivity index (χ2n) is 6.08. The van der Waals surface area contributed by atoms with Gasteiger partial charge >= 0.3 is 5.97 Å². The minimum Gasteiger partial charge on any atom is -0.455 e. The van der Waals surface area contributed by atoms with Crippen LogP contribution in [-0.2, 0) is 9.53 Å². The Bertz CT molecular complexity index is 349. The number of ether oxygens (including phenoxy) is 1. The van der Waals surface area contributed by atoms with Gasteiger partial charge in [-0.3, -0.25) is 0 Å². The Morgan fingerprint density at radius 3 is 3.00 bits per heavy atom. The first-order chi connectivity index (χ1) is 7.61. The van der Waals surface area contributed by atoms with Crippen LogP contribution in [0.4, 0.5) is 0 Å². The fourth-order valence-corrected chi connectivity index (χ4v) is 4.85. The van der Waals surface area contributed by atoms with Crippen LogP contribution in [0.5, 0.6) is 0 Å². The molecule has 3 saturated carbocycles. The van der Waals surface area contributed by atoms with Crippen LogP contribution in [0.1, 0.15) is 45.4 Å². The van der Waals surface area contributed by atoms with Gasteiger partial charge in [0.25, 0.3) is 0 Å². The number of hydrogen-bond donors (Lipinski definition) is 0. The summed E-state index contributed by atoms with van der Waals surface area (Å²) >= 11 is 0. The average Bonchev–Trinajstić information content (AvgIpc) is 2.87. The monoisotopic (exact) mass is 220 g/mol. The van der Waals surface area contributed by atoms with Gasteiger partial charge in [0, 0.05) is 17.4 Å². The summed E-state index contributed by atoms with van der Waals surface area (Å²) in [6.07, 6.45) is 8.71. The third kappa shape index (κ3) is 1.05. The molecule has 0 N–H and O–H groups in total. The highest BCUT2D eigenvalue weighted by Crippen LogP contribution is 2.69. The first kappa shape index (κ1) is 10.4. The highest BCUT2D eigenvalue weighted by molar-refractivity contribution is 5.81. The predicted molar refractivity (Wildman–Crippen MR) is 61.8 cm³/mol. The van der Waals surface area contributed by atoms with Crippen molar-refractivity contribution < 1.29 is 9.53 Å². The zero-order chi connectivity index (χ0) is 11.4. The summed E-state index contributed by atoms with van der Waals surface area (Å²) in [5.41, 5.74) is 0.110. The van der Waals surface area contributed by atoms with Crippen molar-refractivity contribution in [3.8, 4) is 0 Å². The first-order valence-corrected chi connectivity index (χ1v) is 6.47. The minimum absolute atomic E-state index is 0.138. The fourth-order valence-electron chi connectivity index (χ4n) is 4.85. The quantitative estimate of drug-likeness (QED) is 0.528. The molecule has 0 radical (unpaired) electrons. The maximum absolute atomic E-state index is 11.6. The van der Waals surface area contributed by atoms with E-state index in [1.165, 1.54) is 38.2 Å². The van der Waals surface area contributed by atoms with Crippen molar-refractivity contribution in [3.05, 3.63) is 12.7 Å². The van der Waals surface area contributed by atoms with Crippen LogP contribution >= 0.6 is 0 Å². The van der Waals surface area contributed by atoms with E-state index in [0.717, 1.165) is 12.3 Å². The Balaban J connectivity index is 1.96. The summed E-state index contributed by atoms with van der Waals surface area (Å²) in [4.78, 5) is 11.6. The van der Waals surface area contributed by atoms with Gasteiger partial charge < -0.3 is 4.74 Å². The SMILES string of the molecule is C=CC(=O)OC12CCCC1C1CCC2(C)C1. The van der Waals surface area contributed by atoms with Crippen LogP contribution < -0.4 is 0 Å². The predicted octanol–water partition coefficient (Wildman–Crippen LogP) is 3.07. The molecule has 0 heterocycles. The molecule has 4 atom stereocenters. The van der Waals surface area contributed by atoms with Gasteiger partial charge in [-0.2, -0.15) is 0 Å². The Morgan fingerprint density at radius 2 is 2.25 bits per heavy atom. The fraction of sp³-hybridized carbons (Fsp3) is 0.786. The Kier molecular flexibility index (Phi) is 2.02. The molecule has 0 amide bonds. The number of hydrogen-bond acceptors (Lipinski definition) is 2. The van der Waals surface area contributed by atoms with Gasteiger partial charge in [-0.25, -0.2) is 4.79 Å². The third-order valence-corrected chi connectivity index (χ3v) is 5.48. The van der Waals surface area contributed by atoms with E-state index in [-0.39, 0.29) is 17.0 Å². The summed E-state index contributed by atoms with van der Waals surface area (Å²) in [7, 11) is 0. The maximum Gasteiger partial charge on any atom is 0.330 e. The second-order valence-corrected chi connectivity index (χ2v) is 6.08. The summed E-state index contributed by atoms with van der Waals surface area (Å²) in [6.45, 7) is 5.85. The summed E-state index contributed by atoms with van der Waals surface area (Å²) in [5.74, 6) is 1.22. The molecule has 0 spiro atoms. The van der Waals surface area contributed by atoms with Crippen molar-refractivity contribution >= 4 is 5.97 Å². The lowest BCUT2D eigenvalue weighted by Crippen LogP contribution is -2.49. The zero-order valence-corrected chi connectivity index (χ0v) is 10.00. The molecule has 3 fully saturated rings. The molecule has 3 aliphatic rings. The van der Waals surface area contributed by atoms with Crippen LogP contribution in [0.2, 0.25) is 0 Å². The van der Waals surface area contributed by atoms with Crippen molar-refractivity contribution in [3.63, 3.8) is 0 Å². The van der Waals surface area contributed by atoms with Gasteiger partial charge in [-0.05, 0) is 44.4 Å². The molecular weight excluding hydrogens is 200 g/mol. The Labute approximate surface area is 97.1 Å². The molecule has 0 aliphatic heterocycles. The van der Waals surface area contributed by atoms with E-state index < -0.39 is 0 Å². The van der Waals surface area contributed by atoms with Gasteiger partial charge in [0.05, 0.1) is 0 Å². The van der Waals surface area contributed by atoms with E-state index >= 15 is 0 Å². The minimum atomic E-state index is -0.222. The smallest absolute Gasteiger partial charge is 0.330 e. The highest BCUT2D eigenvalue weighted by atomic mass is 16.6. The van der Waals surface area contributed by atoms with Gasteiger partial charge in [-0.15, -0.1) is 0 Å². The number of rotatable bonds is 2. The standard InChI is InChI=1S/C14H20O2/c1-3-12(15)16-14-7-4-5-11(14)10-6-8-13(14,2)9-10/h3,10-11H,1,4-9H2,2H3. The average molecular weight is 220 g/mol. The van der Waals surface area contributed by atoms with Crippen LogP contribution in [0.3, 0.4) is 0 Å². The molecule has 4 unspecified atom stereocenters. The van der Waals surface area contributed by atoms with E-state index in [0.29, 0.717) is 5.92 Å². The largest absolute Gasteiger partial charge is 0.455 e. The number of esters is 1. The molecule has 2 nitrogen and oxygen atoms in total. The highest BCUT2D eigenvalue weighted by Gasteiger charge is 2.68. The van der Waals surface area contributed by atoms with Crippen molar-refractivity contribution in [2.24, 2.45) is 17.3 Å². The molecular formula is C14H20O2. The van der Waals surface area contributed by atoms with Crippen molar-refractivity contribution in [1.82, 2.24) is 0 Å². The zero-order valence-electron chi connectivity index (χ0n) is 10.00. The number of carbonyl (C=O) groups is 1. The lowest BCUT2D eigenvalue weighted by Gasteiger charge is -2.45. The third-order valence-electron chi connectivity index (χ3n) is 5.48. The topological polar surface area (TPSA) is 26.3 Å². The van der Waals surface area contributed by atoms with Crippen LogP contribution in [-0.4, -0.2) is 11.6 Å². The van der Waals surface area contributed by atoms with Gasteiger partial charge in [0.1, 0.15) is 5.60 Å². The van der Waals surface area contributed by atoms with E-state index in [1.807, 2.05) is 0 Å². The van der Waals surface area contributed by atoms with Gasteiger partial charge in [0.2, 0.25) is 0 Å². The Morgan fingerprint density at radius 1 is 1.44 bits per heavy atom. The normalized spacial score (nSPS) is 49.1. The molecule has 0 aromatic rings. The molecule has 2 bridgehead atoms. The molecule has 2 heteroatoms. The first-order valence-electron chi connectivity index (χ1n) is 6.47. The lowest BCUT2D eigenvalue weighted by atomic mass is 9.69. The summed E-state index contributed by atoms with van der Waals surface area (Å²) in [6, 6.07) is 0. The second kappa shape index (κ2) is 3.12. The Hall–Kier alpha value is -0.790. The van der Waals surface area contributed by atoms with Crippen LogP contribution in [0, 0.1) is 17.3 Å². The maximum atomic E-state index is 11.6. The summed E-state index contributed by atoms with van der Waals surface area (Å²) < 4.78 is 5.85. The molecule has 0 saturated heterocycles. The van der Waals surface area contributed by atoms with E-state index in [9.17, 15) is 4.79 Å². The van der Waals surface area contributed by atoms with E-state index in [2.05, 4.69) is 13.5 Å². The van der Waals surface area contributed by atoms with E-state index in [4.69, 9.17) is 4.74 Å². The molecule has 0 aromatic carbocycles. The van der Waals surface area contributed by atoms with Crippen molar-refractivity contribution in [2.75, 3.05) is 0 Å². The molecule has 3 rings (SSSR count). The van der Waals surface area contributed by atoms with Crippen LogP contribution in [0.25, 0.3) is 0 Å². The van der Waals surface area contributed by atoms with Crippen molar-refractivity contribution in [2.45, 2.75) is 51.0 Å². The number of carbonyl (C=O) groups excluding carboxylic acids is 1.